The van der Waals surface area contributed by atoms with Crippen LogP contribution < -0.4 is 19.1 Å². The Kier molecular flexibility index (Phi) is 8.77. The van der Waals surface area contributed by atoms with Gasteiger partial charge in [0.25, 0.3) is 10.0 Å². The van der Waals surface area contributed by atoms with Crippen molar-refractivity contribution in [2.45, 2.75) is 25.7 Å². The van der Waals surface area contributed by atoms with Crippen LogP contribution in [0.3, 0.4) is 0 Å². The first-order chi connectivity index (χ1) is 17.6. The average Bonchev–Trinajstić information content (AvgIpc) is 2.86. The zero-order chi connectivity index (χ0) is 27.2. The number of anilines is 2. The summed E-state index contributed by atoms with van der Waals surface area (Å²) in [6.45, 7) is 5.10. The Morgan fingerprint density at radius 2 is 1.57 bits per heavy atom. The number of nitrogens with one attached hydrogen (secondary N) is 1. The van der Waals surface area contributed by atoms with Gasteiger partial charge in [0, 0.05) is 11.8 Å². The van der Waals surface area contributed by atoms with Crippen molar-refractivity contribution in [1.29, 1.82) is 0 Å². The third-order valence-electron chi connectivity index (χ3n) is 5.38. The lowest BCUT2D eigenvalue weighted by molar-refractivity contribution is -0.114. The second-order valence-electron chi connectivity index (χ2n) is 8.22. The second-order valence-corrected chi connectivity index (χ2v) is 10.1. The zero-order valence-corrected chi connectivity index (χ0v) is 22.2. The maximum absolute atomic E-state index is 13.8. The molecule has 3 aromatic carbocycles. The molecule has 0 atom stereocenters. The minimum Gasteiger partial charge on any atom is -0.493 e. The summed E-state index contributed by atoms with van der Waals surface area (Å²) >= 11 is 0. The first-order valence-electron chi connectivity index (χ1n) is 11.5. The largest absolute Gasteiger partial charge is 0.493 e. The summed E-state index contributed by atoms with van der Waals surface area (Å²) in [5.74, 6) is -0.501. The lowest BCUT2D eigenvalue weighted by Crippen LogP contribution is -2.38. The van der Waals surface area contributed by atoms with Crippen molar-refractivity contribution in [3.8, 4) is 11.5 Å². The summed E-state index contributed by atoms with van der Waals surface area (Å²) in [7, 11) is -1.33. The van der Waals surface area contributed by atoms with E-state index in [1.165, 1.54) is 38.5 Å². The van der Waals surface area contributed by atoms with Crippen LogP contribution in [0.2, 0.25) is 0 Å². The normalized spacial score (nSPS) is 10.9. The topological polar surface area (TPSA) is 111 Å². The number of methoxy groups -OCH3 is 2. The number of hydrogen-bond donors (Lipinski definition) is 1. The van der Waals surface area contributed by atoms with Crippen molar-refractivity contribution in [3.05, 3.63) is 77.4 Å². The minimum absolute atomic E-state index is 0.0681. The number of hydrogen-bond acceptors (Lipinski definition) is 7. The van der Waals surface area contributed by atoms with Crippen LogP contribution in [0.25, 0.3) is 0 Å². The van der Waals surface area contributed by atoms with Gasteiger partial charge in [-0.1, -0.05) is 12.1 Å². The van der Waals surface area contributed by atoms with Crippen LogP contribution in [0.4, 0.5) is 11.4 Å². The van der Waals surface area contributed by atoms with Crippen molar-refractivity contribution in [3.63, 3.8) is 0 Å². The highest BCUT2D eigenvalue weighted by atomic mass is 32.2. The summed E-state index contributed by atoms with van der Waals surface area (Å²) < 4.78 is 44.2. The molecule has 0 fully saturated rings. The van der Waals surface area contributed by atoms with E-state index in [1.807, 2.05) is 19.9 Å². The van der Waals surface area contributed by atoms with Gasteiger partial charge in [0.1, 0.15) is 6.54 Å². The minimum atomic E-state index is -4.20. The Morgan fingerprint density at radius 1 is 0.892 bits per heavy atom. The van der Waals surface area contributed by atoms with Gasteiger partial charge in [-0.15, -0.1) is 0 Å². The van der Waals surface area contributed by atoms with Gasteiger partial charge in [-0.3, -0.25) is 9.10 Å². The van der Waals surface area contributed by atoms with Gasteiger partial charge in [-0.05, 0) is 74.4 Å². The fourth-order valence-corrected chi connectivity index (χ4v) is 5.20. The van der Waals surface area contributed by atoms with Crippen LogP contribution in [0.1, 0.15) is 28.4 Å². The molecular weight excluding hydrogens is 496 g/mol. The Hall–Kier alpha value is -4.05. The van der Waals surface area contributed by atoms with E-state index >= 15 is 0 Å². The van der Waals surface area contributed by atoms with Crippen LogP contribution in [0.5, 0.6) is 11.5 Å². The average molecular weight is 527 g/mol. The smallest absolute Gasteiger partial charge is 0.338 e. The van der Waals surface area contributed by atoms with Crippen molar-refractivity contribution in [2.24, 2.45) is 0 Å². The van der Waals surface area contributed by atoms with Gasteiger partial charge in [-0.25, -0.2) is 13.2 Å². The molecule has 0 unspecified atom stereocenters. The summed E-state index contributed by atoms with van der Waals surface area (Å²) in [6.07, 6.45) is 0. The summed E-state index contributed by atoms with van der Waals surface area (Å²) in [6, 6.07) is 15.8. The Bertz CT molecular complexity index is 1380. The summed E-state index contributed by atoms with van der Waals surface area (Å²) in [4.78, 5) is 25.1. The predicted molar refractivity (Wildman–Crippen MR) is 141 cm³/mol. The van der Waals surface area contributed by atoms with Gasteiger partial charge in [-0.2, -0.15) is 0 Å². The van der Waals surface area contributed by atoms with E-state index in [4.69, 9.17) is 14.2 Å². The molecule has 10 heteroatoms. The molecule has 37 heavy (non-hydrogen) atoms. The third-order valence-corrected chi connectivity index (χ3v) is 7.15. The highest BCUT2D eigenvalue weighted by Gasteiger charge is 2.29. The summed E-state index contributed by atoms with van der Waals surface area (Å²) in [5.41, 5.74) is 2.61. The van der Waals surface area contributed by atoms with E-state index in [9.17, 15) is 18.0 Å². The van der Waals surface area contributed by atoms with Crippen LogP contribution in [0.15, 0.2) is 65.6 Å². The van der Waals surface area contributed by atoms with Gasteiger partial charge < -0.3 is 19.5 Å². The quantitative estimate of drug-likeness (QED) is 0.392. The molecule has 9 nitrogen and oxygen atoms in total. The second kappa shape index (κ2) is 11.8. The number of amides is 1. The Morgan fingerprint density at radius 3 is 2.19 bits per heavy atom. The van der Waals surface area contributed by atoms with Gasteiger partial charge in [0.15, 0.2) is 11.5 Å². The third kappa shape index (κ3) is 6.59. The van der Waals surface area contributed by atoms with Crippen LogP contribution in [-0.2, 0) is 19.6 Å². The van der Waals surface area contributed by atoms with Gasteiger partial charge in [0.2, 0.25) is 5.91 Å². The SMILES string of the molecule is CCOC(=O)c1cccc(NC(=O)CN(c2cc(C)cc(C)c2)S(=O)(=O)c2ccc(OC)c(OC)c2)c1. The number of sulfonamides is 1. The molecule has 1 amide bonds. The van der Waals surface area contributed by atoms with E-state index in [2.05, 4.69) is 5.32 Å². The highest BCUT2D eigenvalue weighted by Crippen LogP contribution is 2.32. The molecule has 1 N–H and O–H groups in total. The molecule has 3 rings (SSSR count). The van der Waals surface area contributed by atoms with E-state index in [0.29, 0.717) is 17.1 Å². The van der Waals surface area contributed by atoms with Crippen LogP contribution in [0, 0.1) is 13.8 Å². The Labute approximate surface area is 217 Å². The van der Waals surface area contributed by atoms with Crippen molar-refractivity contribution < 1.29 is 32.2 Å². The molecule has 0 aromatic heterocycles. The molecule has 0 saturated heterocycles. The number of aryl methyl sites for hydroxylation is 2. The monoisotopic (exact) mass is 526 g/mol. The molecule has 0 aliphatic rings. The standard InChI is InChI=1S/C27H30N2O7S/c1-6-36-27(31)20-8-7-9-21(15-20)28-26(30)17-29(22-13-18(2)12-19(3)14-22)37(32,33)23-10-11-24(34-4)25(16-23)35-5/h7-16H,6,17H2,1-5H3,(H,28,30). The van der Waals surface area contributed by atoms with E-state index in [0.717, 1.165) is 15.4 Å². The zero-order valence-electron chi connectivity index (χ0n) is 21.4. The number of nitrogens with zero attached hydrogens (tertiary/aromatic N) is 1. The van der Waals surface area contributed by atoms with E-state index in [1.54, 1.807) is 37.3 Å². The Balaban J connectivity index is 1.98. The van der Waals surface area contributed by atoms with Crippen molar-refractivity contribution in [2.75, 3.05) is 37.0 Å². The number of carbonyl (C=O) groups is 2. The molecule has 0 aliphatic carbocycles. The van der Waals surface area contributed by atoms with E-state index in [-0.39, 0.29) is 22.8 Å². The molecule has 3 aromatic rings. The molecule has 0 spiro atoms. The molecule has 0 bridgehead atoms. The molecule has 196 valence electrons. The fraction of sp³-hybridized carbons (Fsp3) is 0.259. The first kappa shape index (κ1) is 27.5. The molecule has 0 aliphatic heterocycles. The first-order valence-corrected chi connectivity index (χ1v) is 12.9. The van der Waals surface area contributed by atoms with Gasteiger partial charge in [0.05, 0.1) is 37.0 Å². The predicted octanol–water partition coefficient (Wildman–Crippen LogP) is 4.33. The number of benzene rings is 3. The number of rotatable bonds is 10. The molecule has 0 radical (unpaired) electrons. The number of ether oxygens (including phenoxy) is 3. The van der Waals surface area contributed by atoms with E-state index < -0.39 is 28.4 Å². The van der Waals surface area contributed by atoms with Crippen LogP contribution in [-0.4, -0.2) is 47.7 Å². The lowest BCUT2D eigenvalue weighted by atomic mass is 10.1. The summed E-state index contributed by atoms with van der Waals surface area (Å²) in [5, 5.41) is 2.68. The number of carbonyl (C=O) groups excluding carboxylic acids is 2. The maximum atomic E-state index is 13.8. The highest BCUT2D eigenvalue weighted by molar-refractivity contribution is 7.92. The molecular formula is C27H30N2O7S. The number of esters is 1. The lowest BCUT2D eigenvalue weighted by Gasteiger charge is -2.25. The maximum Gasteiger partial charge on any atom is 0.338 e. The fourth-order valence-electron chi connectivity index (χ4n) is 3.78. The van der Waals surface area contributed by atoms with Crippen molar-refractivity contribution >= 4 is 33.3 Å². The van der Waals surface area contributed by atoms with Gasteiger partial charge >= 0.3 is 5.97 Å². The van der Waals surface area contributed by atoms with Crippen LogP contribution >= 0.6 is 0 Å². The molecule has 0 heterocycles. The van der Waals surface area contributed by atoms with Crippen molar-refractivity contribution in [1.82, 2.24) is 0 Å². The molecule has 0 saturated carbocycles.